The summed E-state index contributed by atoms with van der Waals surface area (Å²) in [7, 11) is -2.85. The van der Waals surface area contributed by atoms with Crippen molar-refractivity contribution in [2.24, 2.45) is 0 Å². The Labute approximate surface area is 161 Å². The van der Waals surface area contributed by atoms with E-state index in [9.17, 15) is 4.79 Å². The molecule has 2 rings (SSSR count). The molecule has 24 heavy (non-hydrogen) atoms. The van der Waals surface area contributed by atoms with Gasteiger partial charge in [-0.1, -0.05) is 0 Å². The number of rotatable bonds is 7. The van der Waals surface area contributed by atoms with Gasteiger partial charge >= 0.3 is 162 Å². The van der Waals surface area contributed by atoms with Crippen molar-refractivity contribution >= 4 is 55.1 Å². The molecule has 2 aromatic carbocycles. The molecule has 2 aromatic rings. The predicted octanol–water partition coefficient (Wildman–Crippen LogP) is 3.42. The van der Waals surface area contributed by atoms with Crippen LogP contribution in [0.3, 0.4) is 0 Å². The third kappa shape index (κ3) is 4.30. The zero-order valence-corrected chi connectivity index (χ0v) is 15.4. The Hall–Kier alpha value is -0.653. The molecule has 0 atom stereocenters. The fourth-order valence-electron chi connectivity index (χ4n) is 2.70. The first kappa shape index (κ1) is 21.4. The summed E-state index contributed by atoms with van der Waals surface area (Å²) in [5.41, 5.74) is 1.34. The van der Waals surface area contributed by atoms with Crippen molar-refractivity contribution in [2.45, 2.75) is 20.8 Å². The van der Waals surface area contributed by atoms with Crippen molar-refractivity contribution in [3.63, 3.8) is 0 Å². The van der Waals surface area contributed by atoms with E-state index in [1.165, 1.54) is 0 Å². The molecule has 0 fully saturated rings. The first-order valence-electron chi connectivity index (χ1n) is 7.68. The molecule has 6 heteroatoms. The van der Waals surface area contributed by atoms with Crippen LogP contribution in [0.5, 0.6) is 0 Å². The Morgan fingerprint density at radius 2 is 1.62 bits per heavy atom. The van der Waals surface area contributed by atoms with Gasteiger partial charge < -0.3 is 0 Å². The van der Waals surface area contributed by atoms with Crippen molar-refractivity contribution in [1.29, 1.82) is 0 Å². The van der Waals surface area contributed by atoms with Crippen LogP contribution < -0.4 is 10.6 Å². The van der Waals surface area contributed by atoms with Crippen LogP contribution in [0.25, 0.3) is 0 Å². The average Bonchev–Trinajstić information content (AvgIpc) is 2.55. The van der Waals surface area contributed by atoms with E-state index in [0.717, 1.165) is 22.5 Å². The molecule has 0 aromatic heterocycles. The van der Waals surface area contributed by atoms with Crippen LogP contribution in [-0.2, 0) is 9.05 Å². The van der Waals surface area contributed by atoms with Crippen LogP contribution in [0.1, 0.15) is 29.8 Å². The molecule has 0 saturated carbocycles. The molecular weight excluding hydrogens is 338 g/mol. The van der Waals surface area contributed by atoms with Crippen molar-refractivity contribution in [3.8, 4) is 0 Å². The van der Waals surface area contributed by atoms with Crippen LogP contribution >= 0.6 is 19.3 Å². The predicted molar refractivity (Wildman–Crippen MR) is 106 cm³/mol. The minimum atomic E-state index is -2.85. The Kier molecular flexibility index (Phi) is 8.67. The Morgan fingerprint density at radius 1 is 1.04 bits per heavy atom. The number of aldehydes is 1. The average molecular weight is 361 g/mol. The second kappa shape index (κ2) is 9.73. The number of halogens is 1. The summed E-state index contributed by atoms with van der Waals surface area (Å²) in [6, 6.07) is 13.7. The van der Waals surface area contributed by atoms with Gasteiger partial charge in [0, 0.05) is 0 Å². The van der Waals surface area contributed by atoms with E-state index in [4.69, 9.17) is 20.6 Å². The van der Waals surface area contributed by atoms with E-state index in [0.29, 0.717) is 23.8 Å². The van der Waals surface area contributed by atoms with Crippen molar-refractivity contribution in [2.75, 3.05) is 13.2 Å². The normalized spacial score (nSPS) is 11.7. The topological polar surface area (TPSA) is 35.5 Å². The van der Waals surface area contributed by atoms with Crippen LogP contribution in [0.15, 0.2) is 42.5 Å². The van der Waals surface area contributed by atoms with Gasteiger partial charge in [-0.25, -0.2) is 0 Å². The summed E-state index contributed by atoms with van der Waals surface area (Å²) < 4.78 is 12.4. The molecule has 0 aliphatic rings. The van der Waals surface area contributed by atoms with Gasteiger partial charge in [-0.2, -0.15) is 0 Å². The summed E-state index contributed by atoms with van der Waals surface area (Å²) in [5, 5.41) is 2.38. The van der Waals surface area contributed by atoms with Crippen LogP contribution in [-0.4, -0.2) is 38.4 Å². The summed E-state index contributed by atoms with van der Waals surface area (Å²) in [6.45, 7) is 6.86. The second-order valence-corrected chi connectivity index (χ2v) is 8.53. The molecule has 0 saturated heterocycles. The van der Waals surface area contributed by atoms with E-state index < -0.39 is 7.72 Å². The van der Waals surface area contributed by atoms with Crippen molar-refractivity contribution in [1.82, 2.24) is 0 Å². The first-order valence-corrected chi connectivity index (χ1v) is 9.87. The molecule has 0 heterocycles. The monoisotopic (exact) mass is 360 g/mol. The van der Waals surface area contributed by atoms with Crippen LogP contribution in [0.4, 0.5) is 0 Å². The maximum absolute atomic E-state index is 11.2. The van der Waals surface area contributed by atoms with Gasteiger partial charge in [0.1, 0.15) is 0 Å². The van der Waals surface area contributed by atoms with Gasteiger partial charge in [0.15, 0.2) is 0 Å². The fourth-order valence-corrected chi connectivity index (χ4v) is 6.37. The number of hydrogen-bond acceptors (Lipinski definition) is 3. The van der Waals surface area contributed by atoms with Gasteiger partial charge in [0.25, 0.3) is 0 Å². The van der Waals surface area contributed by atoms with E-state index in [1.54, 1.807) is 0 Å². The second-order valence-electron chi connectivity index (χ2n) is 5.16. The molecule has 0 bridgehead atoms. The molecule has 126 valence electrons. The van der Waals surface area contributed by atoms with Gasteiger partial charge in [-0.15, -0.1) is 0 Å². The Morgan fingerprint density at radius 3 is 2.08 bits per heavy atom. The first-order chi connectivity index (χ1) is 11.1. The van der Waals surface area contributed by atoms with Gasteiger partial charge in [-0.3, -0.25) is 0 Å². The molecule has 0 spiro atoms. The molecule has 0 amide bonds. The molecule has 0 aliphatic carbocycles. The van der Waals surface area contributed by atoms with Gasteiger partial charge in [0.2, 0.25) is 0 Å². The fraction of sp³-hybridized carbons (Fsp3) is 0.278. The summed E-state index contributed by atoms with van der Waals surface area (Å²) >= 11 is 6.31. The van der Waals surface area contributed by atoms with Crippen molar-refractivity contribution < 1.29 is 13.8 Å². The van der Waals surface area contributed by atoms with Crippen LogP contribution in [0.2, 0.25) is 5.02 Å². The number of hydrogen-bond donors (Lipinski definition) is 0. The summed E-state index contributed by atoms with van der Waals surface area (Å²) in [5.74, 6) is 0. The molecule has 0 unspecified atom stereocenters. The molecular formula is C18H23ClLiO3P. The Balaban J connectivity index is 0.00000288. The maximum atomic E-state index is 11.2. The van der Waals surface area contributed by atoms with Gasteiger partial charge in [-0.05, 0) is 0 Å². The van der Waals surface area contributed by atoms with Crippen LogP contribution in [0, 0.1) is 6.92 Å². The van der Waals surface area contributed by atoms with Crippen molar-refractivity contribution in [3.05, 3.63) is 58.6 Å². The van der Waals surface area contributed by atoms with E-state index in [2.05, 4.69) is 0 Å². The van der Waals surface area contributed by atoms with E-state index in [-0.39, 0.29) is 18.9 Å². The number of carbonyl (C=O) groups is 1. The Bertz CT molecular complexity index is 650. The summed E-state index contributed by atoms with van der Waals surface area (Å²) in [4.78, 5) is 11.2. The zero-order chi connectivity index (χ0) is 16.9. The SMILES string of the molecule is CCO[PH](OCC)(c1ccccc1)c1cc(C)c(C=O)c(Cl)c1.[LiH]. The number of aryl methyl sites for hydroxylation is 1. The number of benzene rings is 2. The quantitative estimate of drug-likeness (QED) is 0.431. The van der Waals surface area contributed by atoms with E-state index >= 15 is 0 Å². The molecule has 0 N–H and O–H groups in total. The minimum absolute atomic E-state index is 0. The van der Waals surface area contributed by atoms with Gasteiger partial charge in [0.05, 0.1) is 0 Å². The third-order valence-corrected chi connectivity index (χ3v) is 7.53. The number of carbonyl (C=O) groups excluding carboxylic acids is 1. The standard InChI is InChI=1S/C18H22ClO3P.Li.H/c1-4-21-23(22-5-2,15-9-7-6-8-10-15)16-11-14(3)17(13-20)18(19)12-16;;/h6-13,23H,4-5H2,1-3H3;;. The molecule has 0 aliphatic heterocycles. The molecule has 3 nitrogen and oxygen atoms in total. The molecule has 0 radical (unpaired) electrons. The zero-order valence-electron chi connectivity index (χ0n) is 13.6. The summed E-state index contributed by atoms with van der Waals surface area (Å²) in [6.07, 6.45) is 0.786. The van der Waals surface area contributed by atoms with E-state index in [1.807, 2.05) is 63.2 Å². The third-order valence-electron chi connectivity index (χ3n) is 3.68.